The molecular weight excluding hydrogens is 385 g/mol. The molecule has 1 unspecified atom stereocenters. The van der Waals surface area contributed by atoms with Crippen molar-refractivity contribution in [3.63, 3.8) is 0 Å². The molecule has 2 N–H and O–H groups in total. The van der Waals surface area contributed by atoms with E-state index in [1.165, 1.54) is 18.2 Å². The predicted octanol–water partition coefficient (Wildman–Crippen LogP) is 3.20. The highest BCUT2D eigenvalue weighted by Crippen LogP contribution is 2.39. The number of aryl methyl sites for hydroxylation is 1. The predicted molar refractivity (Wildman–Crippen MR) is 101 cm³/mol. The Morgan fingerprint density at radius 2 is 2.00 bits per heavy atom. The van der Waals surface area contributed by atoms with Crippen LogP contribution in [0.15, 0.2) is 42.5 Å². The lowest BCUT2D eigenvalue weighted by molar-refractivity contribution is -0.134. The van der Waals surface area contributed by atoms with E-state index >= 15 is 0 Å². The fourth-order valence-corrected chi connectivity index (χ4v) is 4.06. The largest absolute Gasteiger partial charge is 0.325 e. The average molecular weight is 402 g/mol. The van der Waals surface area contributed by atoms with Crippen LogP contribution in [0.1, 0.15) is 24.0 Å². The van der Waals surface area contributed by atoms with Gasteiger partial charge < -0.3 is 10.6 Å². The van der Waals surface area contributed by atoms with Crippen molar-refractivity contribution in [3.05, 3.63) is 64.4 Å². The quantitative estimate of drug-likeness (QED) is 0.775. The van der Waals surface area contributed by atoms with Gasteiger partial charge in [0.05, 0.1) is 10.7 Å². The molecule has 4 amide bonds. The summed E-state index contributed by atoms with van der Waals surface area (Å²) in [5, 5.41) is 5.00. The summed E-state index contributed by atoms with van der Waals surface area (Å²) in [6.07, 6.45) is 2.04. The normalized spacial score (nSPS) is 20.9. The molecule has 1 spiro atoms. The number of nitrogens with one attached hydrogen (secondary N) is 2. The molecule has 2 aliphatic rings. The molecule has 1 heterocycles. The van der Waals surface area contributed by atoms with Gasteiger partial charge in [-0.1, -0.05) is 41.9 Å². The van der Waals surface area contributed by atoms with E-state index < -0.39 is 35.7 Å². The Balaban J connectivity index is 1.56. The molecule has 0 aromatic heterocycles. The van der Waals surface area contributed by atoms with Gasteiger partial charge in [0.15, 0.2) is 5.82 Å². The number of halogens is 2. The molecule has 0 radical (unpaired) electrons. The highest BCUT2D eigenvalue weighted by Gasteiger charge is 2.54. The van der Waals surface area contributed by atoms with Gasteiger partial charge in [0.1, 0.15) is 12.1 Å². The summed E-state index contributed by atoms with van der Waals surface area (Å²) in [4.78, 5) is 38.8. The zero-order chi connectivity index (χ0) is 19.9. The first kappa shape index (κ1) is 18.4. The smallest absolute Gasteiger partial charge is 0.322 e. The van der Waals surface area contributed by atoms with Crippen LogP contribution in [0.3, 0.4) is 0 Å². The highest BCUT2D eigenvalue weighted by atomic mass is 35.5. The number of fused-ring (bicyclic) bond motifs is 2. The molecule has 4 rings (SSSR count). The number of anilines is 1. The second-order valence-electron chi connectivity index (χ2n) is 6.89. The zero-order valence-corrected chi connectivity index (χ0v) is 15.6. The molecule has 0 saturated carbocycles. The van der Waals surface area contributed by atoms with Gasteiger partial charge in [-0.2, -0.15) is 0 Å². The third-order valence-corrected chi connectivity index (χ3v) is 5.47. The first-order valence-corrected chi connectivity index (χ1v) is 9.26. The molecule has 144 valence electrons. The third-order valence-electron chi connectivity index (χ3n) is 5.18. The van der Waals surface area contributed by atoms with Crippen molar-refractivity contribution >= 4 is 35.1 Å². The van der Waals surface area contributed by atoms with E-state index in [2.05, 4.69) is 10.6 Å². The number of carbonyl (C=O) groups is 3. The van der Waals surface area contributed by atoms with Crippen LogP contribution in [-0.4, -0.2) is 29.3 Å². The molecular formula is C20H17ClFN3O3. The van der Waals surface area contributed by atoms with Crippen LogP contribution in [0.25, 0.3) is 0 Å². The van der Waals surface area contributed by atoms with Crippen molar-refractivity contribution in [1.29, 1.82) is 0 Å². The van der Waals surface area contributed by atoms with E-state index in [-0.39, 0.29) is 10.7 Å². The van der Waals surface area contributed by atoms with Crippen LogP contribution >= 0.6 is 11.6 Å². The van der Waals surface area contributed by atoms with Crippen LogP contribution in [0.2, 0.25) is 5.02 Å². The number of nitrogens with zero attached hydrogens (tertiary/aromatic N) is 1. The third kappa shape index (κ3) is 2.92. The molecule has 8 heteroatoms. The summed E-state index contributed by atoms with van der Waals surface area (Å²) in [5.74, 6) is -1.93. The Kier molecular flexibility index (Phi) is 4.55. The summed E-state index contributed by atoms with van der Waals surface area (Å²) < 4.78 is 14.0. The minimum Gasteiger partial charge on any atom is -0.322 e. The lowest BCUT2D eigenvalue weighted by atomic mass is 9.76. The zero-order valence-electron chi connectivity index (χ0n) is 14.8. The van der Waals surface area contributed by atoms with Crippen molar-refractivity contribution in [3.8, 4) is 0 Å². The van der Waals surface area contributed by atoms with Gasteiger partial charge in [0, 0.05) is 0 Å². The van der Waals surface area contributed by atoms with E-state index in [4.69, 9.17) is 11.6 Å². The van der Waals surface area contributed by atoms with Gasteiger partial charge in [-0.3, -0.25) is 14.5 Å². The minimum absolute atomic E-state index is 0.109. The van der Waals surface area contributed by atoms with Gasteiger partial charge in [-0.25, -0.2) is 9.18 Å². The monoisotopic (exact) mass is 401 g/mol. The number of benzene rings is 2. The van der Waals surface area contributed by atoms with Gasteiger partial charge in [-0.15, -0.1) is 0 Å². The highest BCUT2D eigenvalue weighted by molar-refractivity contribution is 6.31. The van der Waals surface area contributed by atoms with E-state index in [9.17, 15) is 18.8 Å². The van der Waals surface area contributed by atoms with Crippen molar-refractivity contribution in [1.82, 2.24) is 10.2 Å². The molecule has 0 bridgehead atoms. The maximum Gasteiger partial charge on any atom is 0.325 e. The van der Waals surface area contributed by atoms with E-state index in [1.807, 2.05) is 24.3 Å². The van der Waals surface area contributed by atoms with Crippen LogP contribution in [0.5, 0.6) is 0 Å². The molecule has 1 saturated heterocycles. The lowest BCUT2D eigenvalue weighted by Gasteiger charge is -2.33. The van der Waals surface area contributed by atoms with Crippen LogP contribution in [0.4, 0.5) is 14.9 Å². The lowest BCUT2D eigenvalue weighted by Crippen LogP contribution is -2.47. The van der Waals surface area contributed by atoms with Crippen LogP contribution in [-0.2, 0) is 21.5 Å². The fourth-order valence-electron chi connectivity index (χ4n) is 3.89. The molecule has 1 aliphatic carbocycles. The maximum atomic E-state index is 14.0. The topological polar surface area (TPSA) is 78.5 Å². The van der Waals surface area contributed by atoms with Crippen molar-refractivity contribution in [2.24, 2.45) is 0 Å². The van der Waals surface area contributed by atoms with Crippen molar-refractivity contribution < 1.29 is 18.8 Å². The van der Waals surface area contributed by atoms with Crippen LogP contribution < -0.4 is 10.6 Å². The van der Waals surface area contributed by atoms with Gasteiger partial charge in [0.25, 0.3) is 5.91 Å². The second-order valence-corrected chi connectivity index (χ2v) is 7.29. The van der Waals surface area contributed by atoms with Crippen LogP contribution in [0, 0.1) is 5.82 Å². The molecule has 1 atom stereocenters. The first-order valence-electron chi connectivity index (χ1n) is 8.89. The fraction of sp³-hybridized carbons (Fsp3) is 0.250. The van der Waals surface area contributed by atoms with Crippen molar-refractivity contribution in [2.45, 2.75) is 24.8 Å². The van der Waals surface area contributed by atoms with Gasteiger partial charge in [0.2, 0.25) is 5.91 Å². The second kappa shape index (κ2) is 6.91. The SMILES string of the molecule is O=C(CN1C(=O)NC2(CCCc3ccccc32)C1=O)Nc1cccc(Cl)c1F. The number of imide groups is 1. The molecule has 2 aromatic carbocycles. The summed E-state index contributed by atoms with van der Waals surface area (Å²) in [5.41, 5.74) is 0.522. The Morgan fingerprint density at radius 3 is 2.82 bits per heavy atom. The Morgan fingerprint density at radius 1 is 1.21 bits per heavy atom. The summed E-state index contributed by atoms with van der Waals surface area (Å²) >= 11 is 5.70. The number of hydrogen-bond acceptors (Lipinski definition) is 3. The molecule has 1 fully saturated rings. The minimum atomic E-state index is -1.15. The summed E-state index contributed by atoms with van der Waals surface area (Å²) in [6, 6.07) is 11.0. The average Bonchev–Trinajstić information content (AvgIpc) is 2.91. The standard InChI is InChI=1S/C20H17ClFN3O3/c21-14-8-3-9-15(17(14)22)23-16(26)11-25-18(27)20(24-19(25)28)10-4-6-12-5-1-2-7-13(12)20/h1-3,5,7-9H,4,6,10-11H2,(H,23,26)(H,24,28). The molecule has 1 aliphatic heterocycles. The molecule has 6 nitrogen and oxygen atoms in total. The maximum absolute atomic E-state index is 14.0. The molecule has 28 heavy (non-hydrogen) atoms. The number of hydrogen-bond donors (Lipinski definition) is 2. The summed E-state index contributed by atoms with van der Waals surface area (Å²) in [7, 11) is 0. The Hall–Kier alpha value is -2.93. The Bertz CT molecular complexity index is 996. The number of amides is 4. The Labute approximate surface area is 165 Å². The number of rotatable bonds is 3. The number of urea groups is 1. The number of carbonyl (C=O) groups excluding carboxylic acids is 3. The van der Waals surface area contributed by atoms with Gasteiger partial charge in [-0.05, 0) is 42.5 Å². The van der Waals surface area contributed by atoms with E-state index in [0.29, 0.717) is 6.42 Å². The van der Waals surface area contributed by atoms with E-state index in [0.717, 1.165) is 28.9 Å². The van der Waals surface area contributed by atoms with E-state index in [1.54, 1.807) is 0 Å². The van der Waals surface area contributed by atoms with Crippen molar-refractivity contribution in [2.75, 3.05) is 11.9 Å². The first-order chi connectivity index (χ1) is 13.4. The summed E-state index contributed by atoms with van der Waals surface area (Å²) in [6.45, 7) is -0.513. The molecule has 2 aromatic rings. The van der Waals surface area contributed by atoms with Gasteiger partial charge >= 0.3 is 6.03 Å².